The second-order valence-electron chi connectivity index (χ2n) is 5.27. The predicted octanol–water partition coefficient (Wildman–Crippen LogP) is 3.67. The molecule has 0 spiro atoms. The van der Waals surface area contributed by atoms with Gasteiger partial charge in [-0.2, -0.15) is 0 Å². The van der Waals surface area contributed by atoms with E-state index in [9.17, 15) is 4.79 Å². The van der Waals surface area contributed by atoms with Crippen molar-refractivity contribution < 1.29 is 4.79 Å². The monoisotopic (exact) mass is 306 g/mol. The smallest absolute Gasteiger partial charge is 0.261 e. The van der Waals surface area contributed by atoms with Crippen molar-refractivity contribution in [1.29, 1.82) is 0 Å². The summed E-state index contributed by atoms with van der Waals surface area (Å²) in [6.07, 6.45) is 3.47. The van der Waals surface area contributed by atoms with Crippen LogP contribution in [0.2, 0.25) is 0 Å². The molecule has 2 aromatic rings. The fourth-order valence-electron chi connectivity index (χ4n) is 2.73. The number of fused-ring (bicyclic) bond motifs is 1. The van der Waals surface area contributed by atoms with Crippen LogP contribution in [0.15, 0.2) is 11.4 Å². The Hall–Kier alpha value is -1.20. The summed E-state index contributed by atoms with van der Waals surface area (Å²) in [4.78, 5) is 19.1. The lowest BCUT2D eigenvalue weighted by Crippen LogP contribution is -2.29. The Bertz CT molecular complexity index is 630. The van der Waals surface area contributed by atoms with Crippen LogP contribution in [0.3, 0.4) is 0 Å². The summed E-state index contributed by atoms with van der Waals surface area (Å²) in [6.45, 7) is 4.74. The summed E-state index contributed by atoms with van der Waals surface area (Å²) in [5.41, 5.74) is 2.28. The molecule has 1 atom stereocenters. The lowest BCUT2D eigenvalue weighted by atomic mass is 9.91. The van der Waals surface area contributed by atoms with E-state index >= 15 is 0 Å². The number of aryl methyl sites for hydroxylation is 3. The Morgan fingerprint density at radius 3 is 3.10 bits per heavy atom. The van der Waals surface area contributed by atoms with E-state index in [-0.39, 0.29) is 5.91 Å². The van der Waals surface area contributed by atoms with E-state index in [2.05, 4.69) is 17.2 Å². The van der Waals surface area contributed by atoms with E-state index in [1.165, 1.54) is 28.3 Å². The summed E-state index contributed by atoms with van der Waals surface area (Å²) >= 11 is 3.32. The van der Waals surface area contributed by atoms with Crippen LogP contribution in [-0.4, -0.2) is 17.4 Å². The molecule has 2 heterocycles. The van der Waals surface area contributed by atoms with Gasteiger partial charge in [-0.1, -0.05) is 0 Å². The number of rotatable bonds is 3. The van der Waals surface area contributed by atoms with Gasteiger partial charge in [0.2, 0.25) is 0 Å². The third kappa shape index (κ3) is 2.65. The van der Waals surface area contributed by atoms with Gasteiger partial charge in [0.15, 0.2) is 0 Å². The average molecular weight is 306 g/mol. The van der Waals surface area contributed by atoms with Crippen LogP contribution in [0.5, 0.6) is 0 Å². The quantitative estimate of drug-likeness (QED) is 0.940. The van der Waals surface area contributed by atoms with Crippen molar-refractivity contribution in [1.82, 2.24) is 10.3 Å². The van der Waals surface area contributed by atoms with Gasteiger partial charge < -0.3 is 5.32 Å². The molecule has 0 radical (unpaired) electrons. The van der Waals surface area contributed by atoms with Crippen LogP contribution in [-0.2, 0) is 6.42 Å². The minimum absolute atomic E-state index is 0.0524. The summed E-state index contributed by atoms with van der Waals surface area (Å²) in [7, 11) is 0. The number of nitrogens with one attached hydrogen (secondary N) is 1. The van der Waals surface area contributed by atoms with Crippen molar-refractivity contribution in [2.45, 2.75) is 39.0 Å². The van der Waals surface area contributed by atoms with Crippen LogP contribution in [0.1, 0.15) is 49.6 Å². The number of thiazole rings is 1. The lowest BCUT2D eigenvalue weighted by molar-refractivity contribution is 0.0953. The molecule has 106 valence electrons. The van der Waals surface area contributed by atoms with Gasteiger partial charge >= 0.3 is 0 Å². The molecular weight excluding hydrogens is 288 g/mol. The first kappa shape index (κ1) is 13.8. The molecule has 1 amide bonds. The van der Waals surface area contributed by atoms with Crippen molar-refractivity contribution in [2.75, 3.05) is 6.54 Å². The van der Waals surface area contributed by atoms with Crippen LogP contribution < -0.4 is 5.32 Å². The van der Waals surface area contributed by atoms with Crippen molar-refractivity contribution in [2.24, 2.45) is 0 Å². The highest BCUT2D eigenvalue weighted by atomic mass is 32.1. The molecule has 2 aromatic heterocycles. The maximum atomic E-state index is 12.2. The molecule has 0 saturated carbocycles. The van der Waals surface area contributed by atoms with Crippen molar-refractivity contribution >= 4 is 28.6 Å². The first-order valence-corrected chi connectivity index (χ1v) is 8.63. The Kier molecular flexibility index (Phi) is 3.89. The normalized spacial score (nSPS) is 17.8. The molecule has 20 heavy (non-hydrogen) atoms. The van der Waals surface area contributed by atoms with E-state index in [0.717, 1.165) is 28.3 Å². The molecule has 5 heteroatoms. The predicted molar refractivity (Wildman–Crippen MR) is 83.9 cm³/mol. The lowest BCUT2D eigenvalue weighted by Gasteiger charge is -2.21. The molecule has 1 N–H and O–H groups in total. The number of aromatic nitrogens is 1. The summed E-state index contributed by atoms with van der Waals surface area (Å²) in [5, 5.41) is 6.19. The number of carbonyl (C=O) groups is 1. The Labute approximate surface area is 127 Å². The molecule has 0 saturated heterocycles. The van der Waals surface area contributed by atoms with E-state index in [4.69, 9.17) is 0 Å². The number of thiophene rings is 1. The van der Waals surface area contributed by atoms with Crippen LogP contribution in [0, 0.1) is 13.8 Å². The van der Waals surface area contributed by atoms with Crippen LogP contribution >= 0.6 is 22.7 Å². The van der Waals surface area contributed by atoms with Gasteiger partial charge in [-0.05, 0) is 50.1 Å². The van der Waals surface area contributed by atoms with Gasteiger partial charge in [-0.15, -0.1) is 22.7 Å². The average Bonchev–Trinajstić information content (AvgIpc) is 3.00. The number of hydrogen-bond acceptors (Lipinski definition) is 4. The number of hydrogen-bond donors (Lipinski definition) is 1. The minimum Gasteiger partial charge on any atom is -0.351 e. The first-order valence-electron chi connectivity index (χ1n) is 6.93. The highest BCUT2D eigenvalue weighted by Crippen LogP contribution is 2.34. The van der Waals surface area contributed by atoms with Crippen LogP contribution in [0.4, 0.5) is 0 Å². The van der Waals surface area contributed by atoms with Gasteiger partial charge in [0.25, 0.3) is 5.91 Å². The number of nitrogens with zero attached hydrogens (tertiary/aromatic N) is 1. The first-order chi connectivity index (χ1) is 9.65. The standard InChI is InChI=1S/C15H18N2OS2/c1-9-6-7-19-14(9)15(18)16-8-11-4-3-5-12-13(11)17-10(2)20-12/h6-7,11H,3-5,8H2,1-2H3,(H,16,18)/t11-/m1/s1. The molecule has 0 aliphatic heterocycles. The Balaban J connectivity index is 1.68. The fraction of sp³-hybridized carbons (Fsp3) is 0.467. The number of amides is 1. The Morgan fingerprint density at radius 1 is 1.50 bits per heavy atom. The minimum atomic E-state index is 0.0524. The third-order valence-electron chi connectivity index (χ3n) is 3.75. The van der Waals surface area contributed by atoms with Gasteiger partial charge in [-0.25, -0.2) is 4.98 Å². The van der Waals surface area contributed by atoms with Gasteiger partial charge in [0.1, 0.15) is 0 Å². The molecule has 0 unspecified atom stereocenters. The summed E-state index contributed by atoms with van der Waals surface area (Å²) in [6, 6.07) is 1.99. The maximum absolute atomic E-state index is 12.2. The largest absolute Gasteiger partial charge is 0.351 e. The zero-order chi connectivity index (χ0) is 14.1. The molecular formula is C15H18N2OS2. The van der Waals surface area contributed by atoms with Gasteiger partial charge in [0.05, 0.1) is 15.6 Å². The fourth-order valence-corrected chi connectivity index (χ4v) is 4.63. The van der Waals surface area contributed by atoms with E-state index < -0.39 is 0 Å². The molecule has 3 rings (SSSR count). The second kappa shape index (κ2) is 5.66. The Morgan fingerprint density at radius 2 is 2.35 bits per heavy atom. The van der Waals surface area contributed by atoms with E-state index in [0.29, 0.717) is 12.5 Å². The number of carbonyl (C=O) groups excluding carboxylic acids is 1. The van der Waals surface area contributed by atoms with Crippen molar-refractivity contribution in [3.63, 3.8) is 0 Å². The van der Waals surface area contributed by atoms with E-state index in [1.54, 1.807) is 11.3 Å². The molecule has 1 aliphatic carbocycles. The highest BCUT2D eigenvalue weighted by Gasteiger charge is 2.24. The molecule has 0 fully saturated rings. The van der Waals surface area contributed by atoms with Crippen molar-refractivity contribution in [3.05, 3.63) is 37.5 Å². The zero-order valence-electron chi connectivity index (χ0n) is 11.7. The second-order valence-corrected chi connectivity index (χ2v) is 7.48. The van der Waals surface area contributed by atoms with E-state index in [1.807, 2.05) is 18.4 Å². The highest BCUT2D eigenvalue weighted by molar-refractivity contribution is 7.12. The summed E-state index contributed by atoms with van der Waals surface area (Å²) in [5.74, 6) is 0.435. The summed E-state index contributed by atoms with van der Waals surface area (Å²) < 4.78 is 0. The van der Waals surface area contributed by atoms with Gasteiger partial charge in [0, 0.05) is 17.3 Å². The van der Waals surface area contributed by atoms with Crippen LogP contribution in [0.25, 0.3) is 0 Å². The SMILES string of the molecule is Cc1nc2c(s1)CCC[C@@H]2CNC(=O)c1sccc1C. The molecule has 1 aliphatic rings. The molecule has 0 aromatic carbocycles. The maximum Gasteiger partial charge on any atom is 0.261 e. The van der Waals surface area contributed by atoms with Gasteiger partial charge in [-0.3, -0.25) is 4.79 Å². The zero-order valence-corrected chi connectivity index (χ0v) is 13.4. The molecule has 0 bridgehead atoms. The third-order valence-corrected chi connectivity index (χ3v) is 5.82. The van der Waals surface area contributed by atoms with Crippen molar-refractivity contribution in [3.8, 4) is 0 Å². The molecule has 3 nitrogen and oxygen atoms in total. The topological polar surface area (TPSA) is 42.0 Å².